The molecule has 2 aromatic carbocycles. The molecular formula is C61H96N8O11S. The molecule has 11 atom stereocenters. The molecule has 0 radical (unpaired) electrons. The maximum Gasteiger partial charge on any atom is 0.338 e. The number of amides is 7. The van der Waals surface area contributed by atoms with Crippen LogP contribution >= 0.6 is 11.8 Å². The van der Waals surface area contributed by atoms with E-state index >= 15 is 0 Å². The van der Waals surface area contributed by atoms with Crippen molar-refractivity contribution in [3.63, 3.8) is 0 Å². The molecule has 20 heteroatoms. The fourth-order valence-electron chi connectivity index (χ4n) is 11.0. The Morgan fingerprint density at radius 2 is 1.47 bits per heavy atom. The fraction of sp³-hybridized carbons (Fsp3) is 0.656. The molecule has 0 bridgehead atoms. The summed E-state index contributed by atoms with van der Waals surface area (Å²) in [6.07, 6.45) is 3.84. The molecule has 0 saturated carbocycles. The molecule has 0 aromatic heterocycles. The van der Waals surface area contributed by atoms with Gasteiger partial charge in [0.25, 0.3) is 0 Å². The third-order valence-corrected chi connectivity index (χ3v) is 16.7. The second-order valence-corrected chi connectivity index (χ2v) is 23.5. The predicted octanol–water partition coefficient (Wildman–Crippen LogP) is 7.26. The van der Waals surface area contributed by atoms with Crippen LogP contribution in [0.4, 0.5) is 0 Å². The van der Waals surface area contributed by atoms with Gasteiger partial charge in [-0.05, 0) is 101 Å². The summed E-state index contributed by atoms with van der Waals surface area (Å²) >= 11 is 1.38. The second kappa shape index (κ2) is 33.4. The number of imide groups is 1. The van der Waals surface area contributed by atoms with Crippen LogP contribution in [0.3, 0.4) is 0 Å². The predicted molar refractivity (Wildman–Crippen MR) is 318 cm³/mol. The first-order chi connectivity index (χ1) is 37.9. The summed E-state index contributed by atoms with van der Waals surface area (Å²) in [6.45, 7) is 17.9. The van der Waals surface area contributed by atoms with Gasteiger partial charge in [0.1, 0.15) is 12.1 Å². The molecule has 2 saturated heterocycles. The van der Waals surface area contributed by atoms with Gasteiger partial charge >= 0.3 is 5.97 Å². The lowest BCUT2D eigenvalue weighted by Gasteiger charge is -2.41. The number of unbranched alkanes of at least 4 members (excludes halogenated alkanes) is 2. The third kappa shape index (κ3) is 18.9. The van der Waals surface area contributed by atoms with E-state index in [2.05, 4.69) is 21.2 Å². The number of hydrazone groups is 1. The maximum atomic E-state index is 14.5. The minimum atomic E-state index is -0.891. The summed E-state index contributed by atoms with van der Waals surface area (Å²) in [4.78, 5) is 114. The zero-order valence-corrected chi connectivity index (χ0v) is 50.9. The summed E-state index contributed by atoms with van der Waals surface area (Å²) in [6, 6.07) is 12.9. The van der Waals surface area contributed by atoms with Crippen molar-refractivity contribution in [1.82, 2.24) is 35.7 Å². The lowest BCUT2D eigenvalue weighted by Crippen LogP contribution is -2.59. The van der Waals surface area contributed by atoms with Gasteiger partial charge in [-0.2, -0.15) is 16.9 Å². The summed E-state index contributed by atoms with van der Waals surface area (Å²) < 4.78 is 18.3. The van der Waals surface area contributed by atoms with Gasteiger partial charge in [0.2, 0.25) is 41.4 Å². The van der Waals surface area contributed by atoms with Gasteiger partial charge in [0.05, 0.1) is 65.2 Å². The van der Waals surface area contributed by atoms with Crippen LogP contribution in [0.15, 0.2) is 59.7 Å². The number of esters is 1. The summed E-state index contributed by atoms with van der Waals surface area (Å²) in [7, 11) is 8.49. The zero-order chi connectivity index (χ0) is 59.5. The van der Waals surface area contributed by atoms with Crippen LogP contribution in [0.5, 0.6) is 0 Å². The van der Waals surface area contributed by atoms with E-state index in [0.29, 0.717) is 68.5 Å². The molecule has 0 spiro atoms. The first kappa shape index (κ1) is 69.6. The van der Waals surface area contributed by atoms with Crippen LogP contribution in [0, 0.1) is 23.7 Å². The molecule has 19 nitrogen and oxygen atoms in total. The molecule has 2 aliphatic heterocycles. The largest absolute Gasteiger partial charge is 0.452 e. The van der Waals surface area contributed by atoms with Crippen molar-refractivity contribution >= 4 is 64.8 Å². The minimum absolute atomic E-state index is 0. The highest BCUT2D eigenvalue weighted by Gasteiger charge is 2.44. The number of ether oxygens (including phenoxy) is 3. The Kier molecular flexibility index (Phi) is 28.7. The average Bonchev–Trinajstić information content (AvgIpc) is 4.11. The number of hydrogen-bond donors (Lipinski definition) is 3. The number of carbonyl (C=O) groups is 8. The van der Waals surface area contributed by atoms with Crippen molar-refractivity contribution < 1.29 is 52.6 Å². The molecule has 4 rings (SSSR count). The Labute approximate surface area is 487 Å². The second-order valence-electron chi connectivity index (χ2n) is 22.4. The molecule has 3 N–H and O–H groups in total. The van der Waals surface area contributed by atoms with Gasteiger partial charge in [-0.15, -0.1) is 0 Å². The van der Waals surface area contributed by atoms with Gasteiger partial charge in [-0.3, -0.25) is 43.4 Å². The van der Waals surface area contributed by atoms with Crippen LogP contribution in [0.25, 0.3) is 0 Å². The van der Waals surface area contributed by atoms with E-state index in [1.807, 2.05) is 97.1 Å². The van der Waals surface area contributed by atoms with Crippen molar-refractivity contribution in [1.29, 1.82) is 0 Å². The fourth-order valence-corrected chi connectivity index (χ4v) is 11.7. The average molecular weight is 1150 g/mol. The summed E-state index contributed by atoms with van der Waals surface area (Å²) in [5.74, 6) is -3.22. The van der Waals surface area contributed by atoms with Gasteiger partial charge in [-0.1, -0.05) is 111 Å². The van der Waals surface area contributed by atoms with Crippen molar-refractivity contribution in [2.75, 3.05) is 54.7 Å². The molecule has 2 aromatic rings. The molecule has 2 aliphatic rings. The van der Waals surface area contributed by atoms with Crippen molar-refractivity contribution in [3.05, 3.63) is 71.3 Å². The number of likely N-dealkylation sites (tertiary alicyclic amines) is 2. The van der Waals surface area contributed by atoms with Crippen molar-refractivity contribution in [2.45, 2.75) is 181 Å². The highest BCUT2D eigenvalue weighted by atomic mass is 32.2. The normalized spacial score (nSPS) is 19.0. The smallest absolute Gasteiger partial charge is 0.338 e. The zero-order valence-electron chi connectivity index (χ0n) is 50.1. The van der Waals surface area contributed by atoms with E-state index in [1.165, 1.54) is 23.8 Å². The molecule has 81 heavy (non-hydrogen) atoms. The van der Waals surface area contributed by atoms with Gasteiger partial charge in [0, 0.05) is 47.2 Å². The number of benzene rings is 2. The highest BCUT2D eigenvalue weighted by Crippen LogP contribution is 2.31. The standard InChI is InChI=1S/C60H92N8O11S.CH4/c1-16-38(6)53(66(12)59(75)51(36(2)3)62-57(73)52(37(4)5)65(10)11)46(77-13)34-49(70)67-33-23-26-45(67)54(78-14)39(7)56(72)61-41(9)55(43-24-19-17-20-25-43)79-60(76)44-30-28-42(29-31-44)40(8)63-64-48(69)27-21-18-22-32-68-50(71)35-47(80-15)58(68)74;/h17,19-20,24-25,28-31,36-39,41,45-47,51-55H,16,18,21-23,26-27,32-35H2,1-15H3,(H,61,72)(H,62,73)(H,64,69);1H4/b63-40+;/t38-,39+,41+,45-,46+,47?,51-,52-,53-,54+,55+;/m0./s1. The van der Waals surface area contributed by atoms with Crippen LogP contribution < -0.4 is 16.1 Å². The van der Waals surface area contributed by atoms with Crippen LogP contribution in [-0.4, -0.2) is 175 Å². The van der Waals surface area contributed by atoms with Crippen LogP contribution in [0.1, 0.15) is 155 Å². The number of methoxy groups -OCH3 is 2. The molecule has 0 aliphatic carbocycles. The molecule has 2 heterocycles. The molecule has 2 fully saturated rings. The molecule has 452 valence electrons. The Balaban J connectivity index is 0.0000172. The number of likely N-dealkylation sites (N-methyl/N-ethyl adjacent to an activating group) is 2. The number of hydrogen-bond acceptors (Lipinski definition) is 14. The topological polar surface area (TPSA) is 226 Å². The molecule has 7 amide bonds. The van der Waals surface area contributed by atoms with E-state index in [9.17, 15) is 38.4 Å². The highest BCUT2D eigenvalue weighted by molar-refractivity contribution is 8.00. The van der Waals surface area contributed by atoms with Crippen LogP contribution in [-0.2, 0) is 47.8 Å². The Morgan fingerprint density at radius 1 is 0.827 bits per heavy atom. The number of thioether (sulfide) groups is 1. The molecule has 1 unspecified atom stereocenters. The lowest BCUT2D eigenvalue weighted by molar-refractivity contribution is -0.148. The van der Waals surface area contributed by atoms with E-state index in [1.54, 1.807) is 69.0 Å². The Bertz CT molecular complexity index is 2420. The van der Waals surface area contributed by atoms with Crippen LogP contribution in [0.2, 0.25) is 0 Å². The SMILES string of the molecule is C.CC[C@H](C)[C@@H]([C@@H](CC(=O)N1CCC[C@H]1[C@H](OC)[C@@H](C)C(=O)N[C@H](C)[C@@H](OC(=O)c1ccc(/C(C)=N/NC(=O)CCCCCN2C(=O)CC(SC)C2=O)cc1)c1ccccc1)OC)N(C)C(=O)[C@@H](NC(=O)[C@H](C(C)C)N(C)C)C(C)C. The van der Waals surface area contributed by atoms with E-state index < -0.39 is 60.4 Å². The first-order valence-electron chi connectivity index (χ1n) is 28.4. The third-order valence-electron chi connectivity index (χ3n) is 15.8. The summed E-state index contributed by atoms with van der Waals surface area (Å²) in [5, 5.41) is 10.1. The van der Waals surface area contributed by atoms with Gasteiger partial charge in [-0.25, -0.2) is 10.2 Å². The first-order valence-corrected chi connectivity index (χ1v) is 29.7. The Hall–Kier alpha value is -5.70. The van der Waals surface area contributed by atoms with E-state index in [0.717, 1.165) is 0 Å². The lowest BCUT2D eigenvalue weighted by atomic mass is 9.89. The quantitative estimate of drug-likeness (QED) is 0.0222. The maximum absolute atomic E-state index is 14.5. The summed E-state index contributed by atoms with van der Waals surface area (Å²) in [5.41, 5.74) is 4.70. The minimum Gasteiger partial charge on any atom is -0.452 e. The number of nitrogens with zero attached hydrogens (tertiary/aromatic N) is 5. The van der Waals surface area contributed by atoms with E-state index in [4.69, 9.17) is 14.2 Å². The Morgan fingerprint density at radius 3 is 2.02 bits per heavy atom. The number of rotatable bonds is 31. The van der Waals surface area contributed by atoms with E-state index in [-0.39, 0.29) is 96.6 Å². The number of nitrogens with one attached hydrogen (secondary N) is 3. The monoisotopic (exact) mass is 1150 g/mol. The van der Waals surface area contributed by atoms with Gasteiger partial charge in [0.15, 0.2) is 0 Å². The van der Waals surface area contributed by atoms with Crippen molar-refractivity contribution in [3.8, 4) is 0 Å². The van der Waals surface area contributed by atoms with Crippen molar-refractivity contribution in [2.24, 2.45) is 28.8 Å². The molecular weight excluding hydrogens is 1050 g/mol. The van der Waals surface area contributed by atoms with Gasteiger partial charge < -0.3 is 34.6 Å². The number of carbonyl (C=O) groups excluding carboxylic acids is 8.